The Morgan fingerprint density at radius 1 is 0.941 bits per heavy atom. The SMILES string of the molecule is COc1ccc(NC(=O)C(=O)NCC(c2ccc3c(c2)CCN3C)N2CCCCC2)cc1OC. The first-order valence-corrected chi connectivity index (χ1v) is 11.9. The fourth-order valence-corrected chi connectivity index (χ4v) is 4.85. The van der Waals surface area contributed by atoms with E-state index >= 15 is 0 Å². The molecule has 4 rings (SSSR count). The summed E-state index contributed by atoms with van der Waals surface area (Å²) in [7, 11) is 5.18. The highest BCUT2D eigenvalue weighted by Crippen LogP contribution is 2.32. The van der Waals surface area contributed by atoms with Gasteiger partial charge in [-0.1, -0.05) is 18.6 Å². The quantitative estimate of drug-likeness (QED) is 0.611. The fourth-order valence-electron chi connectivity index (χ4n) is 4.85. The molecule has 2 amide bonds. The number of ether oxygens (including phenoxy) is 2. The number of likely N-dealkylation sites (tertiary alicyclic amines) is 1. The highest BCUT2D eigenvalue weighted by molar-refractivity contribution is 6.39. The molecule has 1 atom stereocenters. The van der Waals surface area contributed by atoms with Gasteiger partial charge in [0, 0.05) is 37.6 Å². The second kappa shape index (κ2) is 10.8. The average Bonchev–Trinajstić information content (AvgIpc) is 3.24. The Balaban J connectivity index is 1.43. The van der Waals surface area contributed by atoms with Crippen LogP contribution in [0.25, 0.3) is 0 Å². The van der Waals surface area contributed by atoms with Crippen molar-refractivity contribution in [3.63, 3.8) is 0 Å². The molecule has 0 radical (unpaired) electrons. The van der Waals surface area contributed by atoms with Crippen molar-refractivity contribution in [1.29, 1.82) is 0 Å². The summed E-state index contributed by atoms with van der Waals surface area (Å²) < 4.78 is 10.5. The monoisotopic (exact) mass is 466 g/mol. The van der Waals surface area contributed by atoms with Crippen LogP contribution in [0.15, 0.2) is 36.4 Å². The van der Waals surface area contributed by atoms with Gasteiger partial charge in [-0.2, -0.15) is 0 Å². The molecule has 2 N–H and O–H groups in total. The van der Waals surface area contributed by atoms with Crippen LogP contribution in [0.3, 0.4) is 0 Å². The summed E-state index contributed by atoms with van der Waals surface area (Å²) in [5.41, 5.74) is 4.28. The van der Waals surface area contributed by atoms with Crippen LogP contribution >= 0.6 is 0 Å². The fraction of sp³-hybridized carbons (Fsp3) is 0.462. The van der Waals surface area contributed by atoms with Gasteiger partial charge in [-0.05, 0) is 61.7 Å². The molecular weight excluding hydrogens is 432 g/mol. The van der Waals surface area contributed by atoms with Crippen molar-refractivity contribution >= 4 is 23.2 Å². The van der Waals surface area contributed by atoms with Crippen molar-refractivity contribution in [2.45, 2.75) is 31.7 Å². The van der Waals surface area contributed by atoms with Gasteiger partial charge in [-0.25, -0.2) is 0 Å². The molecule has 0 spiro atoms. The Labute approximate surface area is 201 Å². The normalized spacial score (nSPS) is 16.5. The van der Waals surface area contributed by atoms with Gasteiger partial charge in [-0.15, -0.1) is 0 Å². The molecular formula is C26H34N4O4. The summed E-state index contributed by atoms with van der Waals surface area (Å²) in [5, 5.41) is 5.51. The van der Waals surface area contributed by atoms with Gasteiger partial charge in [0.05, 0.1) is 20.3 Å². The van der Waals surface area contributed by atoms with E-state index in [-0.39, 0.29) is 6.04 Å². The van der Waals surface area contributed by atoms with Crippen molar-refractivity contribution in [3.8, 4) is 11.5 Å². The summed E-state index contributed by atoms with van der Waals surface area (Å²) in [4.78, 5) is 29.9. The zero-order chi connectivity index (χ0) is 24.1. The van der Waals surface area contributed by atoms with Gasteiger partial charge in [0.25, 0.3) is 0 Å². The van der Waals surface area contributed by atoms with Crippen LogP contribution in [0.5, 0.6) is 11.5 Å². The van der Waals surface area contributed by atoms with Crippen LogP contribution in [0, 0.1) is 0 Å². The van der Waals surface area contributed by atoms with Gasteiger partial charge < -0.3 is 25.0 Å². The number of fused-ring (bicyclic) bond motifs is 1. The third kappa shape index (κ3) is 5.28. The van der Waals surface area contributed by atoms with E-state index in [4.69, 9.17) is 9.47 Å². The summed E-state index contributed by atoms with van der Waals surface area (Å²) in [6.45, 7) is 3.40. The Hall–Kier alpha value is -3.26. The number of nitrogens with one attached hydrogen (secondary N) is 2. The highest BCUT2D eigenvalue weighted by Gasteiger charge is 2.26. The van der Waals surface area contributed by atoms with E-state index < -0.39 is 11.8 Å². The second-order valence-electron chi connectivity index (χ2n) is 8.91. The van der Waals surface area contributed by atoms with E-state index in [1.54, 1.807) is 25.3 Å². The predicted octanol–water partition coefficient (Wildman–Crippen LogP) is 2.98. The molecule has 2 aromatic rings. The van der Waals surface area contributed by atoms with Crippen molar-refractivity contribution < 1.29 is 19.1 Å². The molecule has 182 valence electrons. The molecule has 0 aliphatic carbocycles. The maximum atomic E-state index is 12.7. The average molecular weight is 467 g/mol. The number of anilines is 2. The molecule has 8 nitrogen and oxygen atoms in total. The largest absolute Gasteiger partial charge is 0.493 e. The van der Waals surface area contributed by atoms with Crippen LogP contribution in [0.2, 0.25) is 0 Å². The van der Waals surface area contributed by atoms with Crippen LogP contribution in [0.4, 0.5) is 11.4 Å². The van der Waals surface area contributed by atoms with Crippen molar-refractivity contribution in [1.82, 2.24) is 10.2 Å². The number of carbonyl (C=O) groups excluding carboxylic acids is 2. The molecule has 34 heavy (non-hydrogen) atoms. The minimum absolute atomic E-state index is 0.0364. The Morgan fingerprint density at radius 3 is 2.44 bits per heavy atom. The number of nitrogens with zero attached hydrogens (tertiary/aromatic N) is 2. The standard InChI is InChI=1S/C26H34N4O4/c1-29-14-11-19-15-18(7-9-21(19)29)22(30-12-5-4-6-13-30)17-27-25(31)26(32)28-20-8-10-23(33-2)24(16-20)34-3/h7-10,15-16,22H,4-6,11-14,17H2,1-3H3,(H,27,31)(H,28,32). The van der Waals surface area contributed by atoms with E-state index in [9.17, 15) is 9.59 Å². The lowest BCUT2D eigenvalue weighted by Crippen LogP contribution is -2.43. The van der Waals surface area contributed by atoms with Crippen molar-refractivity contribution in [2.24, 2.45) is 0 Å². The topological polar surface area (TPSA) is 83.1 Å². The number of benzene rings is 2. The van der Waals surface area contributed by atoms with Gasteiger partial charge in [0.15, 0.2) is 11.5 Å². The van der Waals surface area contributed by atoms with Crippen LogP contribution in [0.1, 0.15) is 36.4 Å². The zero-order valence-electron chi connectivity index (χ0n) is 20.2. The van der Waals surface area contributed by atoms with E-state index in [1.165, 1.54) is 30.3 Å². The third-order valence-electron chi connectivity index (χ3n) is 6.75. The van der Waals surface area contributed by atoms with E-state index in [2.05, 4.69) is 45.7 Å². The first kappa shape index (κ1) is 23.9. The lowest BCUT2D eigenvalue weighted by Gasteiger charge is -2.35. The summed E-state index contributed by atoms with van der Waals surface area (Å²) in [6, 6.07) is 11.6. The smallest absolute Gasteiger partial charge is 0.313 e. The highest BCUT2D eigenvalue weighted by atomic mass is 16.5. The van der Waals surface area contributed by atoms with Crippen LogP contribution < -0.4 is 25.0 Å². The molecule has 2 aliphatic heterocycles. The molecule has 0 aromatic heterocycles. The van der Waals surface area contributed by atoms with Crippen molar-refractivity contribution in [2.75, 3.05) is 57.7 Å². The number of amides is 2. The van der Waals surface area contributed by atoms with Gasteiger partial charge in [0.1, 0.15) is 0 Å². The van der Waals surface area contributed by atoms with E-state index in [0.29, 0.717) is 23.7 Å². The number of hydrogen-bond donors (Lipinski definition) is 2. The zero-order valence-corrected chi connectivity index (χ0v) is 20.2. The molecule has 2 aromatic carbocycles. The Kier molecular flexibility index (Phi) is 7.57. The summed E-state index contributed by atoms with van der Waals surface area (Å²) >= 11 is 0. The van der Waals surface area contributed by atoms with Crippen LogP contribution in [-0.4, -0.2) is 64.2 Å². The molecule has 0 bridgehead atoms. The van der Waals surface area contributed by atoms with Gasteiger partial charge in [-0.3, -0.25) is 14.5 Å². The molecule has 1 saturated heterocycles. The lowest BCUT2D eigenvalue weighted by molar-refractivity contribution is -0.136. The summed E-state index contributed by atoms with van der Waals surface area (Å²) in [5.74, 6) is -0.333. The second-order valence-corrected chi connectivity index (χ2v) is 8.91. The van der Waals surface area contributed by atoms with Gasteiger partial charge >= 0.3 is 11.8 Å². The number of methoxy groups -OCH3 is 2. The molecule has 2 heterocycles. The van der Waals surface area contributed by atoms with E-state index in [0.717, 1.165) is 38.9 Å². The van der Waals surface area contributed by atoms with Gasteiger partial charge in [0.2, 0.25) is 0 Å². The van der Waals surface area contributed by atoms with Crippen molar-refractivity contribution in [3.05, 3.63) is 47.5 Å². The number of hydrogen-bond acceptors (Lipinski definition) is 6. The first-order valence-electron chi connectivity index (χ1n) is 11.9. The Morgan fingerprint density at radius 2 is 1.71 bits per heavy atom. The predicted molar refractivity (Wildman–Crippen MR) is 133 cm³/mol. The summed E-state index contributed by atoms with van der Waals surface area (Å²) in [6.07, 6.45) is 4.57. The molecule has 0 saturated carbocycles. The number of piperidine rings is 1. The minimum atomic E-state index is -0.708. The Bertz CT molecular complexity index is 1040. The molecule has 8 heteroatoms. The maximum absolute atomic E-state index is 12.7. The molecule has 1 fully saturated rings. The minimum Gasteiger partial charge on any atom is -0.493 e. The first-order chi connectivity index (χ1) is 16.5. The molecule has 2 aliphatic rings. The number of carbonyl (C=O) groups is 2. The molecule has 1 unspecified atom stereocenters. The lowest BCUT2D eigenvalue weighted by atomic mass is 9.98. The van der Waals surface area contributed by atoms with E-state index in [1.807, 2.05) is 0 Å². The maximum Gasteiger partial charge on any atom is 0.313 e. The number of likely N-dealkylation sites (N-methyl/N-ethyl adjacent to an activating group) is 1. The number of rotatable bonds is 7. The van der Waals surface area contributed by atoms with Crippen LogP contribution in [-0.2, 0) is 16.0 Å². The third-order valence-corrected chi connectivity index (χ3v) is 6.75.